The van der Waals surface area contributed by atoms with E-state index < -0.39 is 0 Å². The van der Waals surface area contributed by atoms with Gasteiger partial charge in [-0.2, -0.15) is 12.6 Å². The van der Waals surface area contributed by atoms with Crippen LogP contribution in [0.4, 0.5) is 0 Å². The SMILES string of the molecule is CCCOc1ccc(Br)cc1CS. The van der Waals surface area contributed by atoms with Crippen LogP contribution in [0.2, 0.25) is 0 Å². The lowest BCUT2D eigenvalue weighted by molar-refractivity contribution is 0.315. The zero-order valence-corrected chi connectivity index (χ0v) is 10.1. The summed E-state index contributed by atoms with van der Waals surface area (Å²) in [5, 5.41) is 0. The van der Waals surface area contributed by atoms with Crippen LogP contribution in [-0.4, -0.2) is 6.61 Å². The van der Waals surface area contributed by atoms with Crippen LogP contribution in [0, 0.1) is 0 Å². The Bertz CT molecular complexity index is 276. The summed E-state index contributed by atoms with van der Waals surface area (Å²) in [7, 11) is 0. The van der Waals surface area contributed by atoms with Gasteiger partial charge >= 0.3 is 0 Å². The van der Waals surface area contributed by atoms with Gasteiger partial charge < -0.3 is 4.74 Å². The van der Waals surface area contributed by atoms with E-state index in [2.05, 4.69) is 35.5 Å². The standard InChI is InChI=1S/C10H13BrOS/c1-2-5-12-10-4-3-9(11)6-8(10)7-13/h3-4,6,13H,2,5,7H2,1H3. The highest BCUT2D eigenvalue weighted by atomic mass is 79.9. The highest BCUT2D eigenvalue weighted by Gasteiger charge is 2.01. The average Bonchev–Trinajstić information content (AvgIpc) is 2.16. The van der Waals surface area contributed by atoms with Crippen molar-refractivity contribution in [1.82, 2.24) is 0 Å². The zero-order valence-electron chi connectivity index (χ0n) is 7.59. The van der Waals surface area contributed by atoms with Gasteiger partial charge in [0.15, 0.2) is 0 Å². The molecule has 1 aromatic carbocycles. The van der Waals surface area contributed by atoms with Crippen LogP contribution in [0.25, 0.3) is 0 Å². The second-order valence-corrected chi connectivity index (χ2v) is 3.99. The molecule has 0 amide bonds. The molecule has 0 N–H and O–H groups in total. The van der Waals surface area contributed by atoms with E-state index in [0.29, 0.717) is 5.75 Å². The van der Waals surface area contributed by atoms with Gasteiger partial charge in [0.2, 0.25) is 0 Å². The smallest absolute Gasteiger partial charge is 0.123 e. The van der Waals surface area contributed by atoms with E-state index in [4.69, 9.17) is 4.74 Å². The molecule has 0 aliphatic rings. The third-order valence-electron chi connectivity index (χ3n) is 1.65. The molecule has 0 fully saturated rings. The molecule has 0 saturated carbocycles. The number of ether oxygens (including phenoxy) is 1. The molecule has 0 heterocycles. The van der Waals surface area contributed by atoms with E-state index in [-0.39, 0.29) is 0 Å². The zero-order chi connectivity index (χ0) is 9.68. The quantitative estimate of drug-likeness (QED) is 0.813. The van der Waals surface area contributed by atoms with E-state index in [0.717, 1.165) is 28.8 Å². The first-order valence-corrected chi connectivity index (χ1v) is 5.72. The van der Waals surface area contributed by atoms with E-state index in [1.54, 1.807) is 0 Å². The summed E-state index contributed by atoms with van der Waals surface area (Å²) in [6.45, 7) is 2.86. The summed E-state index contributed by atoms with van der Waals surface area (Å²) in [6.07, 6.45) is 1.03. The minimum atomic E-state index is 0.707. The Kier molecular flexibility index (Phi) is 4.67. The van der Waals surface area contributed by atoms with Gasteiger partial charge in [-0.3, -0.25) is 0 Å². The average molecular weight is 261 g/mol. The van der Waals surface area contributed by atoms with Crippen molar-refractivity contribution in [3.8, 4) is 5.75 Å². The Morgan fingerprint density at radius 1 is 1.46 bits per heavy atom. The van der Waals surface area contributed by atoms with Crippen LogP contribution in [0.1, 0.15) is 18.9 Å². The van der Waals surface area contributed by atoms with Gasteiger partial charge in [-0.25, -0.2) is 0 Å². The van der Waals surface area contributed by atoms with Gasteiger partial charge in [0, 0.05) is 15.8 Å². The number of hydrogen-bond donors (Lipinski definition) is 1. The molecule has 0 spiro atoms. The van der Waals surface area contributed by atoms with Crippen LogP contribution in [0.5, 0.6) is 5.75 Å². The maximum Gasteiger partial charge on any atom is 0.123 e. The van der Waals surface area contributed by atoms with Crippen molar-refractivity contribution in [3.63, 3.8) is 0 Å². The molecular weight excluding hydrogens is 248 g/mol. The van der Waals surface area contributed by atoms with Crippen LogP contribution in [-0.2, 0) is 5.75 Å². The first-order valence-electron chi connectivity index (χ1n) is 4.30. The van der Waals surface area contributed by atoms with Crippen molar-refractivity contribution >= 4 is 28.6 Å². The van der Waals surface area contributed by atoms with E-state index in [1.807, 2.05) is 18.2 Å². The summed E-state index contributed by atoms with van der Waals surface area (Å²) in [6, 6.07) is 6.00. The number of halogens is 1. The maximum atomic E-state index is 5.56. The third kappa shape index (κ3) is 3.24. The maximum absolute atomic E-state index is 5.56. The molecule has 1 aromatic rings. The molecule has 0 aliphatic heterocycles. The van der Waals surface area contributed by atoms with Crippen LogP contribution in [0.15, 0.2) is 22.7 Å². The Morgan fingerprint density at radius 2 is 2.23 bits per heavy atom. The second kappa shape index (κ2) is 5.55. The number of benzene rings is 1. The van der Waals surface area contributed by atoms with E-state index in [9.17, 15) is 0 Å². The first kappa shape index (κ1) is 10.9. The minimum absolute atomic E-state index is 0.707. The van der Waals surface area contributed by atoms with Gasteiger partial charge in [-0.1, -0.05) is 22.9 Å². The predicted molar refractivity (Wildman–Crippen MR) is 62.6 cm³/mol. The summed E-state index contributed by atoms with van der Waals surface area (Å²) in [4.78, 5) is 0. The lowest BCUT2D eigenvalue weighted by Crippen LogP contribution is -1.97. The molecule has 13 heavy (non-hydrogen) atoms. The molecule has 0 atom stereocenters. The van der Waals surface area contributed by atoms with Crippen LogP contribution >= 0.6 is 28.6 Å². The van der Waals surface area contributed by atoms with Crippen molar-refractivity contribution in [3.05, 3.63) is 28.2 Å². The van der Waals surface area contributed by atoms with Crippen molar-refractivity contribution < 1.29 is 4.74 Å². The fourth-order valence-corrected chi connectivity index (χ4v) is 1.68. The molecule has 0 bridgehead atoms. The number of thiol groups is 1. The number of hydrogen-bond acceptors (Lipinski definition) is 2. The predicted octanol–water partition coefficient (Wildman–Crippen LogP) is 3.67. The molecule has 0 saturated heterocycles. The molecule has 1 rings (SSSR count). The Balaban J connectivity index is 2.79. The normalized spacial score (nSPS) is 10.1. The summed E-state index contributed by atoms with van der Waals surface area (Å²) in [5.74, 6) is 1.65. The van der Waals surface area contributed by atoms with Crippen molar-refractivity contribution in [2.75, 3.05) is 6.61 Å². The Morgan fingerprint density at radius 3 is 2.85 bits per heavy atom. The molecule has 0 radical (unpaired) electrons. The van der Waals surface area contributed by atoms with E-state index >= 15 is 0 Å². The van der Waals surface area contributed by atoms with Gasteiger partial charge in [-0.05, 0) is 24.6 Å². The molecule has 1 nitrogen and oxygen atoms in total. The first-order chi connectivity index (χ1) is 6.27. The molecular formula is C10H13BrOS. The van der Waals surface area contributed by atoms with E-state index in [1.165, 1.54) is 0 Å². The Hall–Kier alpha value is -0.150. The summed E-state index contributed by atoms with van der Waals surface area (Å²) >= 11 is 7.66. The van der Waals surface area contributed by atoms with Crippen molar-refractivity contribution in [2.24, 2.45) is 0 Å². The topological polar surface area (TPSA) is 9.23 Å². The summed E-state index contributed by atoms with van der Waals surface area (Å²) < 4.78 is 6.63. The monoisotopic (exact) mass is 260 g/mol. The molecule has 72 valence electrons. The van der Waals surface area contributed by atoms with Gasteiger partial charge in [-0.15, -0.1) is 0 Å². The summed E-state index contributed by atoms with van der Waals surface area (Å²) in [5.41, 5.74) is 1.13. The van der Waals surface area contributed by atoms with Gasteiger partial charge in [0.05, 0.1) is 6.61 Å². The highest BCUT2D eigenvalue weighted by Crippen LogP contribution is 2.24. The Labute approximate surface area is 93.0 Å². The molecule has 0 aliphatic carbocycles. The lowest BCUT2D eigenvalue weighted by atomic mass is 10.2. The minimum Gasteiger partial charge on any atom is -0.493 e. The molecule has 3 heteroatoms. The third-order valence-corrected chi connectivity index (χ3v) is 2.49. The fourth-order valence-electron chi connectivity index (χ4n) is 1.02. The highest BCUT2D eigenvalue weighted by molar-refractivity contribution is 9.10. The van der Waals surface area contributed by atoms with Crippen LogP contribution in [0.3, 0.4) is 0 Å². The molecule has 0 unspecified atom stereocenters. The molecule has 0 aromatic heterocycles. The van der Waals surface area contributed by atoms with Gasteiger partial charge in [0.25, 0.3) is 0 Å². The van der Waals surface area contributed by atoms with Crippen molar-refractivity contribution in [2.45, 2.75) is 19.1 Å². The number of rotatable bonds is 4. The van der Waals surface area contributed by atoms with Gasteiger partial charge in [0.1, 0.15) is 5.75 Å². The fraction of sp³-hybridized carbons (Fsp3) is 0.400. The lowest BCUT2D eigenvalue weighted by Gasteiger charge is -2.09. The van der Waals surface area contributed by atoms with Crippen LogP contribution < -0.4 is 4.74 Å². The largest absolute Gasteiger partial charge is 0.493 e. The van der Waals surface area contributed by atoms with Crippen molar-refractivity contribution in [1.29, 1.82) is 0 Å². The second-order valence-electron chi connectivity index (χ2n) is 2.76.